The van der Waals surface area contributed by atoms with Crippen LogP contribution >= 0.6 is 27.7 Å². The molecule has 0 radical (unpaired) electrons. The number of benzene rings is 3. The summed E-state index contributed by atoms with van der Waals surface area (Å²) < 4.78 is 16.7. The molecule has 0 aliphatic carbocycles. The molecule has 4 aromatic rings. The van der Waals surface area contributed by atoms with Gasteiger partial charge in [-0.2, -0.15) is 4.98 Å². The second-order valence-electron chi connectivity index (χ2n) is 7.98. The van der Waals surface area contributed by atoms with Crippen LogP contribution in [0.25, 0.3) is 0 Å². The van der Waals surface area contributed by atoms with Crippen LogP contribution < -0.4 is 10.6 Å². The number of fused-ring (bicyclic) bond motifs is 1. The van der Waals surface area contributed by atoms with Crippen molar-refractivity contribution < 1.29 is 9.18 Å². The zero-order valence-corrected chi connectivity index (χ0v) is 21.1. The summed E-state index contributed by atoms with van der Waals surface area (Å²) in [7, 11) is 0. The molecule has 0 saturated heterocycles. The Bertz CT molecular complexity index is 1410. The number of halogens is 2. The van der Waals surface area contributed by atoms with Gasteiger partial charge in [-0.3, -0.25) is 4.79 Å². The minimum absolute atomic E-state index is 0.226. The first-order valence-corrected chi connectivity index (χ1v) is 12.7. The zero-order valence-electron chi connectivity index (χ0n) is 18.7. The van der Waals surface area contributed by atoms with Crippen LogP contribution in [0.4, 0.5) is 16.0 Å². The summed E-state index contributed by atoms with van der Waals surface area (Å²) in [6.45, 7) is 1.86. The van der Waals surface area contributed by atoms with Crippen LogP contribution in [0, 0.1) is 5.82 Å². The number of anilines is 2. The van der Waals surface area contributed by atoms with Crippen LogP contribution in [0.15, 0.2) is 99.8 Å². The molecule has 176 valence electrons. The molecular formula is C26H21BrFN5OS. The van der Waals surface area contributed by atoms with E-state index >= 15 is 0 Å². The van der Waals surface area contributed by atoms with E-state index in [1.807, 2.05) is 61.5 Å². The highest BCUT2D eigenvalue weighted by Gasteiger charge is 2.34. The van der Waals surface area contributed by atoms with Gasteiger partial charge in [0.25, 0.3) is 5.91 Å². The lowest BCUT2D eigenvalue weighted by Crippen LogP contribution is -2.31. The second-order valence-corrected chi connectivity index (χ2v) is 9.84. The number of thioether (sulfide) groups is 1. The van der Waals surface area contributed by atoms with Crippen LogP contribution in [-0.2, 0) is 10.5 Å². The molecule has 1 atom stereocenters. The SMILES string of the molecule is CC1=C(C(=O)Nc2ccccc2)C(c2ccc(Br)cc2)n2nc(SCc3ccccc3F)nc2N1. The number of para-hydroxylation sites is 1. The van der Waals surface area contributed by atoms with Gasteiger partial charge >= 0.3 is 0 Å². The molecule has 0 bridgehead atoms. The largest absolute Gasteiger partial charge is 0.328 e. The molecule has 2 N–H and O–H groups in total. The van der Waals surface area contributed by atoms with Crippen molar-refractivity contribution in [3.05, 3.63) is 112 Å². The fraction of sp³-hybridized carbons (Fsp3) is 0.115. The van der Waals surface area contributed by atoms with Gasteiger partial charge in [0.1, 0.15) is 11.9 Å². The highest BCUT2D eigenvalue weighted by atomic mass is 79.9. The molecule has 1 aromatic heterocycles. The van der Waals surface area contributed by atoms with Gasteiger partial charge in [-0.25, -0.2) is 9.07 Å². The van der Waals surface area contributed by atoms with Gasteiger partial charge in [-0.15, -0.1) is 5.10 Å². The topological polar surface area (TPSA) is 71.8 Å². The van der Waals surface area contributed by atoms with Gasteiger partial charge in [-0.1, -0.05) is 76.2 Å². The Hall–Kier alpha value is -3.43. The monoisotopic (exact) mass is 549 g/mol. The predicted molar refractivity (Wildman–Crippen MR) is 140 cm³/mol. The Balaban J connectivity index is 1.49. The number of carbonyl (C=O) groups is 1. The van der Waals surface area contributed by atoms with Gasteiger partial charge in [0, 0.05) is 21.6 Å². The minimum Gasteiger partial charge on any atom is -0.328 e. The number of aromatic nitrogens is 3. The normalized spacial score (nSPS) is 14.9. The number of hydrogen-bond donors (Lipinski definition) is 2. The summed E-state index contributed by atoms with van der Waals surface area (Å²) in [6.07, 6.45) is 0. The molecule has 9 heteroatoms. The van der Waals surface area contributed by atoms with E-state index in [-0.39, 0.29) is 11.7 Å². The highest BCUT2D eigenvalue weighted by Crippen LogP contribution is 2.37. The Morgan fingerprint density at radius 2 is 1.80 bits per heavy atom. The quantitative estimate of drug-likeness (QED) is 0.272. The van der Waals surface area contributed by atoms with Crippen molar-refractivity contribution in [3.63, 3.8) is 0 Å². The number of nitrogens with zero attached hydrogens (tertiary/aromatic N) is 3. The lowest BCUT2D eigenvalue weighted by molar-refractivity contribution is -0.113. The van der Waals surface area contributed by atoms with E-state index in [0.717, 1.165) is 10.0 Å². The van der Waals surface area contributed by atoms with Crippen LogP contribution in [0.3, 0.4) is 0 Å². The Morgan fingerprint density at radius 1 is 1.09 bits per heavy atom. The van der Waals surface area contributed by atoms with E-state index in [9.17, 15) is 9.18 Å². The number of amides is 1. The summed E-state index contributed by atoms with van der Waals surface area (Å²) in [5, 5.41) is 11.4. The average molecular weight is 550 g/mol. The maximum absolute atomic E-state index is 14.1. The molecule has 0 saturated carbocycles. The van der Waals surface area contributed by atoms with Crippen molar-refractivity contribution in [2.24, 2.45) is 0 Å². The van der Waals surface area contributed by atoms with Gasteiger partial charge in [0.05, 0.1) is 5.57 Å². The van der Waals surface area contributed by atoms with Crippen LogP contribution in [0.5, 0.6) is 0 Å². The van der Waals surface area contributed by atoms with Crippen LogP contribution in [0.1, 0.15) is 24.1 Å². The second kappa shape index (κ2) is 10.1. The van der Waals surface area contributed by atoms with Crippen molar-refractivity contribution in [2.45, 2.75) is 23.9 Å². The van der Waals surface area contributed by atoms with E-state index in [0.29, 0.717) is 39.4 Å². The van der Waals surface area contributed by atoms with Crippen molar-refractivity contribution in [1.29, 1.82) is 0 Å². The number of allylic oxidation sites excluding steroid dienone is 1. The Labute approximate surface area is 214 Å². The van der Waals surface area contributed by atoms with E-state index in [1.54, 1.807) is 22.9 Å². The van der Waals surface area contributed by atoms with Gasteiger partial charge in [0.15, 0.2) is 0 Å². The van der Waals surface area contributed by atoms with Crippen molar-refractivity contribution in [1.82, 2.24) is 14.8 Å². The molecular weight excluding hydrogens is 529 g/mol. The predicted octanol–water partition coefficient (Wildman–Crippen LogP) is 6.40. The number of nitrogens with one attached hydrogen (secondary N) is 2. The maximum Gasteiger partial charge on any atom is 0.255 e. The fourth-order valence-electron chi connectivity index (χ4n) is 3.92. The van der Waals surface area contributed by atoms with E-state index in [2.05, 4.69) is 31.5 Å². The standard InChI is InChI=1S/C26H21BrFN5OS/c1-16-22(24(34)30-20-8-3-2-4-9-20)23(17-11-13-19(27)14-12-17)33-25(29-16)31-26(32-33)35-15-18-7-5-6-10-21(18)28/h2-14,23H,15H2,1H3,(H,30,34)(H,29,31,32). The van der Waals surface area contributed by atoms with Crippen LogP contribution in [0.2, 0.25) is 0 Å². The molecule has 1 amide bonds. The summed E-state index contributed by atoms with van der Waals surface area (Å²) in [6, 6.07) is 23.3. The summed E-state index contributed by atoms with van der Waals surface area (Å²) in [5.74, 6) is 0.443. The van der Waals surface area contributed by atoms with Gasteiger partial charge < -0.3 is 10.6 Å². The lowest BCUT2D eigenvalue weighted by atomic mass is 9.95. The first-order chi connectivity index (χ1) is 17.0. The van der Waals surface area contributed by atoms with Gasteiger partial charge in [0.2, 0.25) is 11.1 Å². The van der Waals surface area contributed by atoms with Crippen molar-refractivity contribution in [2.75, 3.05) is 10.6 Å². The molecule has 0 fully saturated rings. The third kappa shape index (κ3) is 5.01. The number of rotatable bonds is 6. The minimum atomic E-state index is -0.488. The molecule has 2 heterocycles. The number of hydrogen-bond acceptors (Lipinski definition) is 5. The molecule has 35 heavy (non-hydrogen) atoms. The zero-order chi connectivity index (χ0) is 24.4. The first-order valence-electron chi connectivity index (χ1n) is 10.9. The van der Waals surface area contributed by atoms with E-state index in [1.165, 1.54) is 17.8 Å². The Kier molecular flexibility index (Phi) is 6.70. The lowest BCUT2D eigenvalue weighted by Gasteiger charge is -2.28. The smallest absolute Gasteiger partial charge is 0.255 e. The van der Waals surface area contributed by atoms with E-state index < -0.39 is 6.04 Å². The Morgan fingerprint density at radius 3 is 2.54 bits per heavy atom. The fourth-order valence-corrected chi connectivity index (χ4v) is 5.00. The highest BCUT2D eigenvalue weighted by molar-refractivity contribution is 9.10. The summed E-state index contributed by atoms with van der Waals surface area (Å²) >= 11 is 4.83. The molecule has 6 nitrogen and oxygen atoms in total. The first kappa shape index (κ1) is 23.3. The molecule has 5 rings (SSSR count). The third-order valence-corrected chi connectivity index (χ3v) is 7.02. The summed E-state index contributed by atoms with van der Waals surface area (Å²) in [4.78, 5) is 18.1. The van der Waals surface area contributed by atoms with E-state index in [4.69, 9.17) is 5.10 Å². The van der Waals surface area contributed by atoms with Gasteiger partial charge in [-0.05, 0) is 48.4 Å². The number of carbonyl (C=O) groups excluding carboxylic acids is 1. The van der Waals surface area contributed by atoms with Crippen molar-refractivity contribution >= 4 is 45.2 Å². The molecule has 1 unspecified atom stereocenters. The molecule has 1 aliphatic rings. The van der Waals surface area contributed by atoms with Crippen LogP contribution in [-0.4, -0.2) is 20.7 Å². The third-order valence-electron chi connectivity index (χ3n) is 5.61. The molecule has 0 spiro atoms. The average Bonchev–Trinajstić information content (AvgIpc) is 3.26. The molecule has 3 aromatic carbocycles. The summed E-state index contributed by atoms with van der Waals surface area (Å²) in [5.41, 5.74) is 3.41. The van der Waals surface area contributed by atoms with Crippen molar-refractivity contribution in [3.8, 4) is 0 Å². The molecule has 1 aliphatic heterocycles. The maximum atomic E-state index is 14.1.